The molecule has 1 aliphatic rings. The highest BCUT2D eigenvalue weighted by molar-refractivity contribution is 7.89. The lowest BCUT2D eigenvalue weighted by Gasteiger charge is -2.34. The molecule has 2 atom stereocenters. The van der Waals surface area contributed by atoms with Gasteiger partial charge in [-0.1, -0.05) is 79.7 Å². The molecule has 1 heterocycles. The molecule has 232 valence electrons. The molecule has 3 aromatic carbocycles. The van der Waals surface area contributed by atoms with Crippen LogP contribution in [0.15, 0.2) is 89.8 Å². The zero-order chi connectivity index (χ0) is 31.7. The third kappa shape index (κ3) is 8.25. The van der Waals surface area contributed by atoms with Gasteiger partial charge in [0.2, 0.25) is 27.5 Å². The molecule has 0 aromatic heterocycles. The van der Waals surface area contributed by atoms with Crippen LogP contribution in [-0.2, 0) is 53.2 Å². The van der Waals surface area contributed by atoms with E-state index in [1.807, 2.05) is 0 Å². The third-order valence-electron chi connectivity index (χ3n) is 7.70. The average molecular weight is 620 g/mol. The van der Waals surface area contributed by atoms with E-state index < -0.39 is 51.2 Å². The highest BCUT2D eigenvalue weighted by atomic mass is 32.2. The molecule has 0 saturated carbocycles. The molecular weight excluding hydrogens is 582 g/mol. The van der Waals surface area contributed by atoms with Crippen LogP contribution in [0.3, 0.4) is 0 Å². The van der Waals surface area contributed by atoms with Gasteiger partial charge in [0.05, 0.1) is 4.90 Å². The Morgan fingerprint density at radius 1 is 0.886 bits per heavy atom. The van der Waals surface area contributed by atoms with Crippen LogP contribution in [0.1, 0.15) is 42.9 Å². The smallest absolute Gasteiger partial charge is 0.325 e. The molecule has 11 heteroatoms. The number of rotatable bonds is 14. The summed E-state index contributed by atoms with van der Waals surface area (Å²) in [7, 11) is -3.89. The summed E-state index contributed by atoms with van der Waals surface area (Å²) in [5, 5.41) is 10.8. The number of benzene rings is 3. The lowest BCUT2D eigenvalue weighted by atomic mass is 9.90. The number of amides is 1. The summed E-state index contributed by atoms with van der Waals surface area (Å²) >= 11 is 0. The monoisotopic (exact) mass is 619 g/mol. The first-order valence-corrected chi connectivity index (χ1v) is 16.1. The molecule has 1 aliphatic heterocycles. The van der Waals surface area contributed by atoms with Gasteiger partial charge in [0.25, 0.3) is 0 Å². The molecule has 1 amide bonds. The second-order valence-corrected chi connectivity index (χ2v) is 12.5. The number of ether oxygens (including phenoxy) is 1. The number of carbonyl (C=O) groups excluding carboxylic acids is 4. The summed E-state index contributed by atoms with van der Waals surface area (Å²) in [6.07, 6.45) is 1.14. The van der Waals surface area contributed by atoms with E-state index in [-0.39, 0.29) is 24.2 Å². The number of hydrogen-bond acceptors (Lipinski definition) is 8. The van der Waals surface area contributed by atoms with E-state index in [2.05, 4.69) is 10.6 Å². The number of hydrogen-bond donors (Lipinski definition) is 3. The minimum atomic E-state index is -3.89. The number of esters is 1. The van der Waals surface area contributed by atoms with Crippen LogP contribution in [0.25, 0.3) is 0 Å². The second kappa shape index (κ2) is 14.5. The molecule has 0 unspecified atom stereocenters. The maximum Gasteiger partial charge on any atom is 0.325 e. The van der Waals surface area contributed by atoms with Crippen molar-refractivity contribution in [3.8, 4) is 0 Å². The summed E-state index contributed by atoms with van der Waals surface area (Å²) in [6.45, 7) is 2.36. The molecular formula is C33H37N3O7S. The van der Waals surface area contributed by atoms with E-state index >= 15 is 0 Å². The SMILES string of the molecule is CC[C@@H](Cc1ccc(S(N)(=O)=O)cc1)C(=O)NC(OC(=O)[C@@H]1CCCN1)(C(=O)Cc1ccccc1)C(=O)Cc1ccccc1. The predicted octanol–water partition coefficient (Wildman–Crippen LogP) is 2.63. The number of nitrogens with two attached hydrogens (primary N) is 1. The Bertz CT molecular complexity index is 1520. The molecule has 1 fully saturated rings. The van der Waals surface area contributed by atoms with Crippen molar-refractivity contribution >= 4 is 33.5 Å². The second-order valence-electron chi connectivity index (χ2n) is 10.9. The number of Topliss-reactive ketones (excluding diaryl/α,β-unsaturated/α-hetero) is 2. The first kappa shape index (κ1) is 32.7. The fourth-order valence-corrected chi connectivity index (χ4v) is 5.67. The van der Waals surface area contributed by atoms with E-state index in [0.717, 1.165) is 6.42 Å². The van der Waals surface area contributed by atoms with Gasteiger partial charge in [-0.3, -0.25) is 19.2 Å². The molecule has 0 aliphatic carbocycles. The third-order valence-corrected chi connectivity index (χ3v) is 8.62. The van der Waals surface area contributed by atoms with Crippen LogP contribution in [0.5, 0.6) is 0 Å². The van der Waals surface area contributed by atoms with Gasteiger partial charge in [-0.15, -0.1) is 0 Å². The normalized spacial score (nSPS) is 15.7. The van der Waals surface area contributed by atoms with Crippen molar-refractivity contribution in [1.29, 1.82) is 0 Å². The fraction of sp³-hybridized carbons (Fsp3) is 0.333. The van der Waals surface area contributed by atoms with Gasteiger partial charge in [-0.25, -0.2) is 13.6 Å². The van der Waals surface area contributed by atoms with Gasteiger partial charge in [0.1, 0.15) is 6.04 Å². The Kier molecular flexibility index (Phi) is 10.8. The Morgan fingerprint density at radius 3 is 1.89 bits per heavy atom. The van der Waals surface area contributed by atoms with Gasteiger partial charge in [-0.2, -0.15) is 0 Å². The van der Waals surface area contributed by atoms with Crippen molar-refractivity contribution in [2.75, 3.05) is 6.54 Å². The van der Waals surface area contributed by atoms with E-state index in [1.165, 1.54) is 12.1 Å². The summed E-state index contributed by atoms with van der Waals surface area (Å²) in [5.41, 5.74) is -0.764. The van der Waals surface area contributed by atoms with Gasteiger partial charge < -0.3 is 15.4 Å². The molecule has 4 N–H and O–H groups in total. The molecule has 3 aromatic rings. The largest absolute Gasteiger partial charge is 0.422 e. The highest BCUT2D eigenvalue weighted by Crippen LogP contribution is 2.23. The van der Waals surface area contributed by atoms with Crippen molar-refractivity contribution in [2.24, 2.45) is 11.1 Å². The minimum absolute atomic E-state index is 0.0665. The Morgan fingerprint density at radius 2 is 1.43 bits per heavy atom. The van der Waals surface area contributed by atoms with Gasteiger partial charge in [-0.05, 0) is 61.1 Å². The van der Waals surface area contributed by atoms with Crippen molar-refractivity contribution in [2.45, 2.75) is 62.1 Å². The van der Waals surface area contributed by atoms with Crippen LogP contribution in [0.2, 0.25) is 0 Å². The Labute approximate surface area is 257 Å². The molecule has 0 bridgehead atoms. The number of carbonyl (C=O) groups is 4. The number of nitrogens with one attached hydrogen (secondary N) is 2. The predicted molar refractivity (Wildman–Crippen MR) is 164 cm³/mol. The van der Waals surface area contributed by atoms with Crippen LogP contribution >= 0.6 is 0 Å². The maximum absolute atomic E-state index is 14.2. The van der Waals surface area contributed by atoms with Crippen molar-refractivity contribution in [1.82, 2.24) is 10.6 Å². The zero-order valence-electron chi connectivity index (χ0n) is 24.5. The number of sulfonamides is 1. The Hall–Kier alpha value is -4.19. The number of ketones is 2. The van der Waals surface area contributed by atoms with E-state index in [9.17, 15) is 27.6 Å². The molecule has 0 radical (unpaired) electrons. The van der Waals surface area contributed by atoms with Crippen molar-refractivity contribution in [3.05, 3.63) is 102 Å². The minimum Gasteiger partial charge on any atom is -0.422 e. The van der Waals surface area contributed by atoms with Crippen molar-refractivity contribution in [3.63, 3.8) is 0 Å². The topological polar surface area (TPSA) is 162 Å². The summed E-state index contributed by atoms with van der Waals surface area (Å²) in [4.78, 5) is 55.5. The lowest BCUT2D eigenvalue weighted by Crippen LogP contribution is -2.65. The van der Waals surface area contributed by atoms with E-state index in [0.29, 0.717) is 36.1 Å². The highest BCUT2D eigenvalue weighted by Gasteiger charge is 2.51. The summed E-state index contributed by atoms with van der Waals surface area (Å²) in [5.74, 6) is -3.73. The van der Waals surface area contributed by atoms with E-state index in [4.69, 9.17) is 9.88 Å². The first-order chi connectivity index (χ1) is 21.0. The molecule has 1 saturated heterocycles. The molecule has 44 heavy (non-hydrogen) atoms. The first-order valence-electron chi connectivity index (χ1n) is 14.6. The van der Waals surface area contributed by atoms with Crippen LogP contribution in [0.4, 0.5) is 0 Å². The van der Waals surface area contributed by atoms with Crippen molar-refractivity contribution < 1.29 is 32.3 Å². The molecule has 10 nitrogen and oxygen atoms in total. The van der Waals surface area contributed by atoms with Crippen LogP contribution < -0.4 is 15.8 Å². The maximum atomic E-state index is 14.2. The van der Waals surface area contributed by atoms with E-state index in [1.54, 1.807) is 79.7 Å². The van der Waals surface area contributed by atoms with Gasteiger partial charge in [0.15, 0.2) is 0 Å². The van der Waals surface area contributed by atoms with Crippen LogP contribution in [0, 0.1) is 5.92 Å². The lowest BCUT2D eigenvalue weighted by molar-refractivity contribution is -0.180. The standard InChI is InChI=1S/C33H37N3O7S/c1-2-26(20-25-15-17-27(18-16-25)44(34,41)42)31(39)36-33(43-32(40)28-14-9-19-35-28,29(37)21-23-10-5-3-6-11-23)30(38)22-24-12-7-4-8-13-24/h3-8,10-13,15-18,26,28,35H,2,9,14,19-22H2,1H3,(H,36,39)(H2,34,41,42)/t26-,28-/m0/s1. The van der Waals surface area contributed by atoms with Crippen LogP contribution in [-0.4, -0.2) is 50.2 Å². The summed E-state index contributed by atoms with van der Waals surface area (Å²) < 4.78 is 29.2. The van der Waals surface area contributed by atoms with Gasteiger partial charge >= 0.3 is 11.7 Å². The molecule has 0 spiro atoms. The Balaban J connectivity index is 1.70. The summed E-state index contributed by atoms with van der Waals surface area (Å²) in [6, 6.07) is 22.5. The quantitative estimate of drug-likeness (QED) is 0.141. The molecule has 4 rings (SSSR count). The number of primary sulfonamides is 1. The van der Waals surface area contributed by atoms with Gasteiger partial charge in [0, 0.05) is 18.8 Å². The average Bonchev–Trinajstić information content (AvgIpc) is 3.56. The fourth-order valence-electron chi connectivity index (χ4n) is 5.15. The zero-order valence-corrected chi connectivity index (χ0v) is 25.3.